The van der Waals surface area contributed by atoms with Crippen LogP contribution >= 0.6 is 0 Å². The average Bonchev–Trinajstić information content (AvgIpc) is 3.29. The molecule has 1 aromatic carbocycles. The van der Waals surface area contributed by atoms with Crippen LogP contribution in [0.3, 0.4) is 0 Å². The third-order valence-electron chi connectivity index (χ3n) is 6.44. The molecular formula is C27H29BF2N2O4. The Labute approximate surface area is 209 Å². The van der Waals surface area contributed by atoms with Gasteiger partial charge in [-0.3, -0.25) is 0 Å². The van der Waals surface area contributed by atoms with Crippen molar-refractivity contribution >= 4 is 36.3 Å². The Bertz CT molecular complexity index is 1380. The summed E-state index contributed by atoms with van der Waals surface area (Å²) in [5.74, 6) is -1.53. The van der Waals surface area contributed by atoms with Crippen molar-refractivity contribution in [2.75, 3.05) is 13.2 Å². The zero-order chi connectivity index (χ0) is 26.4. The number of aromatic nitrogens is 1. The Morgan fingerprint density at radius 1 is 1.00 bits per heavy atom. The summed E-state index contributed by atoms with van der Waals surface area (Å²) in [6.45, 7) is 6.57. The number of fused-ring (bicyclic) bond motifs is 2. The number of allylic oxidation sites excluding steroid dienone is 2. The maximum Gasteiger partial charge on any atom is 0.737 e. The van der Waals surface area contributed by atoms with Crippen LogP contribution < -0.4 is 0 Å². The smallest absolute Gasteiger partial charge is 0.462 e. The van der Waals surface area contributed by atoms with Crippen LogP contribution in [0.1, 0.15) is 55.8 Å². The Balaban J connectivity index is 1.86. The number of aryl methyl sites for hydroxylation is 2. The van der Waals surface area contributed by atoms with Gasteiger partial charge in [0.25, 0.3) is 0 Å². The van der Waals surface area contributed by atoms with Gasteiger partial charge in [0.15, 0.2) is 5.70 Å². The highest BCUT2D eigenvalue weighted by atomic mass is 19.2. The SMILES string of the molecule is CCOC(=O)C(=Cc1ccc(C2=C3C(C)=CC(C)=[N+]3[B-](F)(F)n3c(C)cc(C)c32)cc1)C(=O)OCC. The molecule has 2 aliphatic heterocycles. The predicted molar refractivity (Wildman–Crippen MR) is 136 cm³/mol. The number of benzene rings is 1. The van der Waals surface area contributed by atoms with E-state index < -0.39 is 18.9 Å². The quantitative estimate of drug-likeness (QED) is 0.186. The first-order valence-electron chi connectivity index (χ1n) is 12.0. The molecule has 0 radical (unpaired) electrons. The average molecular weight is 494 g/mol. The molecule has 0 N–H and O–H groups in total. The molecule has 2 aliphatic rings. The second-order valence-electron chi connectivity index (χ2n) is 8.96. The van der Waals surface area contributed by atoms with E-state index in [-0.39, 0.29) is 18.8 Å². The van der Waals surface area contributed by atoms with Crippen LogP contribution in [0.2, 0.25) is 0 Å². The summed E-state index contributed by atoms with van der Waals surface area (Å²) in [7, 11) is 0. The van der Waals surface area contributed by atoms with Crippen LogP contribution in [0.5, 0.6) is 0 Å². The first kappa shape index (κ1) is 25.4. The van der Waals surface area contributed by atoms with Crippen molar-refractivity contribution < 1.29 is 32.2 Å². The number of rotatable bonds is 6. The van der Waals surface area contributed by atoms with E-state index in [1.54, 1.807) is 52.0 Å². The lowest BCUT2D eigenvalue weighted by Crippen LogP contribution is -2.51. The molecule has 0 saturated carbocycles. The topological polar surface area (TPSA) is 60.5 Å². The standard InChI is InChI=1S/C27H29BF2N2O4/c1-7-35-26(33)22(27(34)36-8-2)15-20-9-11-21(12-10-20)23-24-16(3)13-18(5)31(24)28(29,30)32-19(6)14-17(4)25(23)32/h9-15H,7-8H2,1-6H3. The molecule has 1 aromatic heterocycles. The number of carbonyl (C=O) groups excluding carboxylic acids is 2. The van der Waals surface area contributed by atoms with Gasteiger partial charge >= 0.3 is 18.9 Å². The number of carbonyl (C=O) groups is 2. The predicted octanol–water partition coefficient (Wildman–Crippen LogP) is 5.04. The van der Waals surface area contributed by atoms with Crippen molar-refractivity contribution in [2.45, 2.75) is 41.5 Å². The highest BCUT2D eigenvalue weighted by molar-refractivity contribution is 6.58. The van der Waals surface area contributed by atoms with E-state index in [0.717, 1.165) is 25.7 Å². The van der Waals surface area contributed by atoms with E-state index in [1.165, 1.54) is 6.08 Å². The third kappa shape index (κ3) is 4.02. The van der Waals surface area contributed by atoms with Crippen LogP contribution in [-0.2, 0) is 19.1 Å². The van der Waals surface area contributed by atoms with Gasteiger partial charge < -0.3 is 27.1 Å². The molecule has 0 bridgehead atoms. The molecule has 0 spiro atoms. The van der Waals surface area contributed by atoms with E-state index >= 15 is 8.63 Å². The van der Waals surface area contributed by atoms with Crippen molar-refractivity contribution in [3.63, 3.8) is 0 Å². The lowest BCUT2D eigenvalue weighted by atomic mass is 9.83. The van der Waals surface area contributed by atoms with E-state index in [0.29, 0.717) is 33.9 Å². The van der Waals surface area contributed by atoms with Crippen molar-refractivity contribution in [3.05, 3.63) is 81.3 Å². The fourth-order valence-electron chi connectivity index (χ4n) is 5.10. The lowest BCUT2D eigenvalue weighted by molar-refractivity contribution is -0.363. The number of ether oxygens (including phenoxy) is 2. The largest absolute Gasteiger partial charge is 0.737 e. The summed E-state index contributed by atoms with van der Waals surface area (Å²) < 4.78 is 43.9. The molecule has 188 valence electrons. The molecule has 2 aromatic rings. The summed E-state index contributed by atoms with van der Waals surface area (Å²) in [4.78, 5) is 24.6. The van der Waals surface area contributed by atoms with Gasteiger partial charge in [-0.2, -0.15) is 0 Å². The zero-order valence-electron chi connectivity index (χ0n) is 21.3. The number of nitrogens with zero attached hydrogens (tertiary/aromatic N) is 2. The van der Waals surface area contributed by atoms with Crippen molar-refractivity contribution in [3.8, 4) is 0 Å². The molecule has 0 atom stereocenters. The highest BCUT2D eigenvalue weighted by Gasteiger charge is 2.55. The second-order valence-corrected chi connectivity index (χ2v) is 8.96. The summed E-state index contributed by atoms with van der Waals surface area (Å²) in [5.41, 5.74) is 5.34. The van der Waals surface area contributed by atoms with E-state index in [1.807, 2.05) is 26.0 Å². The fraction of sp³-hybridized carbons (Fsp3) is 0.296. The maximum atomic E-state index is 15.8. The minimum absolute atomic E-state index is 0.121. The first-order chi connectivity index (χ1) is 17.0. The van der Waals surface area contributed by atoms with Crippen LogP contribution in [0.25, 0.3) is 11.6 Å². The van der Waals surface area contributed by atoms with E-state index in [9.17, 15) is 9.59 Å². The van der Waals surface area contributed by atoms with Crippen molar-refractivity contribution in [2.24, 2.45) is 0 Å². The molecule has 0 unspecified atom stereocenters. The molecule has 0 amide bonds. The molecule has 9 heteroatoms. The van der Waals surface area contributed by atoms with Gasteiger partial charge in [0, 0.05) is 24.3 Å². The normalized spacial score (nSPS) is 15.8. The Morgan fingerprint density at radius 3 is 2.14 bits per heavy atom. The lowest BCUT2D eigenvalue weighted by Gasteiger charge is -2.34. The second kappa shape index (κ2) is 9.37. The molecular weight excluding hydrogens is 465 g/mol. The monoisotopic (exact) mass is 494 g/mol. The third-order valence-corrected chi connectivity index (χ3v) is 6.44. The molecule has 0 fully saturated rings. The van der Waals surface area contributed by atoms with Crippen LogP contribution in [0, 0.1) is 13.8 Å². The molecule has 3 heterocycles. The Hall–Kier alpha value is -3.75. The van der Waals surface area contributed by atoms with E-state index in [4.69, 9.17) is 9.47 Å². The fourth-order valence-corrected chi connectivity index (χ4v) is 5.10. The van der Waals surface area contributed by atoms with Gasteiger partial charge in [-0.05, 0) is 69.1 Å². The summed E-state index contributed by atoms with van der Waals surface area (Å²) >= 11 is 0. The number of hydrogen-bond donors (Lipinski definition) is 0. The Kier molecular flexibility index (Phi) is 6.60. The maximum absolute atomic E-state index is 15.8. The van der Waals surface area contributed by atoms with Crippen LogP contribution in [0.4, 0.5) is 8.63 Å². The summed E-state index contributed by atoms with van der Waals surface area (Å²) in [5, 5.41) is 0. The first-order valence-corrected chi connectivity index (χ1v) is 12.0. The van der Waals surface area contributed by atoms with Gasteiger partial charge in [-0.1, -0.05) is 24.3 Å². The molecule has 36 heavy (non-hydrogen) atoms. The number of esters is 2. The summed E-state index contributed by atoms with van der Waals surface area (Å²) in [6.07, 6.45) is 3.20. The number of halogens is 2. The van der Waals surface area contributed by atoms with Gasteiger partial charge in [-0.25, -0.2) is 9.59 Å². The molecule has 6 nitrogen and oxygen atoms in total. The van der Waals surface area contributed by atoms with Gasteiger partial charge in [0.05, 0.1) is 18.8 Å². The van der Waals surface area contributed by atoms with Crippen molar-refractivity contribution in [1.82, 2.24) is 4.48 Å². The molecule has 4 rings (SSSR count). The number of hydrogen-bond acceptors (Lipinski definition) is 4. The van der Waals surface area contributed by atoms with Gasteiger partial charge in [0.2, 0.25) is 0 Å². The van der Waals surface area contributed by atoms with E-state index in [2.05, 4.69) is 0 Å². The summed E-state index contributed by atoms with van der Waals surface area (Å²) in [6, 6.07) is 8.88. The molecule has 0 saturated heterocycles. The van der Waals surface area contributed by atoms with Gasteiger partial charge in [0.1, 0.15) is 11.3 Å². The zero-order valence-corrected chi connectivity index (χ0v) is 21.3. The van der Waals surface area contributed by atoms with Crippen LogP contribution in [0.15, 0.2) is 53.3 Å². The minimum Gasteiger partial charge on any atom is -0.462 e. The Morgan fingerprint density at radius 2 is 1.58 bits per heavy atom. The van der Waals surface area contributed by atoms with Crippen molar-refractivity contribution in [1.29, 1.82) is 0 Å². The molecule has 0 aliphatic carbocycles. The minimum atomic E-state index is -4.05. The van der Waals surface area contributed by atoms with Crippen LogP contribution in [-0.4, -0.2) is 46.8 Å². The van der Waals surface area contributed by atoms with Gasteiger partial charge in [-0.15, -0.1) is 0 Å². The highest BCUT2D eigenvalue weighted by Crippen LogP contribution is 2.44.